The molecule has 0 aliphatic carbocycles. The minimum absolute atomic E-state index is 0.109. The van der Waals surface area contributed by atoms with E-state index in [-0.39, 0.29) is 23.6 Å². The van der Waals surface area contributed by atoms with Gasteiger partial charge in [-0.3, -0.25) is 0 Å². The van der Waals surface area contributed by atoms with Crippen molar-refractivity contribution in [2.24, 2.45) is 5.92 Å². The third kappa shape index (κ3) is 3.28. The van der Waals surface area contributed by atoms with Gasteiger partial charge in [-0.05, 0) is 13.8 Å². The van der Waals surface area contributed by atoms with E-state index in [1.165, 1.54) is 0 Å². The Bertz CT molecular complexity index is 335. The summed E-state index contributed by atoms with van der Waals surface area (Å²) in [6.45, 7) is 7.58. The van der Waals surface area contributed by atoms with E-state index in [0.717, 1.165) is 5.56 Å². The minimum Gasteiger partial charge on any atom is -0.633 e. The molecule has 0 aliphatic rings. The highest BCUT2D eigenvalue weighted by molar-refractivity contribution is 5.17. The van der Waals surface area contributed by atoms with E-state index in [1.807, 2.05) is 44.2 Å². The van der Waals surface area contributed by atoms with E-state index in [1.54, 1.807) is 13.8 Å². The Morgan fingerprint density at radius 3 is 2.18 bits per heavy atom. The lowest BCUT2D eigenvalue weighted by Crippen LogP contribution is -3.16. The summed E-state index contributed by atoms with van der Waals surface area (Å²) in [5.74, 6) is 0.232. The molecule has 0 aliphatic heterocycles. The summed E-state index contributed by atoms with van der Waals surface area (Å²) in [6.07, 6.45) is 0. The highest BCUT2D eigenvalue weighted by atomic mass is 16.5. The zero-order valence-electron chi connectivity index (χ0n) is 11.1. The van der Waals surface area contributed by atoms with Gasteiger partial charge in [-0.2, -0.15) is 0 Å². The molecule has 0 saturated heterocycles. The van der Waals surface area contributed by atoms with Crippen LogP contribution in [0, 0.1) is 11.1 Å². The predicted octanol–water partition coefficient (Wildman–Crippen LogP) is 1.54. The molecule has 1 rings (SSSR count). The maximum atomic E-state index is 12.5. The molecule has 1 aromatic carbocycles. The molecular formula is C14H23NO2. The quantitative estimate of drug-likeness (QED) is 0.763. The molecule has 3 nitrogen and oxygen atoms in total. The maximum absolute atomic E-state index is 12.5. The molecule has 17 heavy (non-hydrogen) atoms. The number of hydroxylamine groups is 2. The van der Waals surface area contributed by atoms with Gasteiger partial charge < -0.3 is 15.4 Å². The van der Waals surface area contributed by atoms with Crippen LogP contribution in [0.4, 0.5) is 0 Å². The highest BCUT2D eigenvalue weighted by Crippen LogP contribution is 2.19. The van der Waals surface area contributed by atoms with Crippen molar-refractivity contribution in [3.63, 3.8) is 0 Å². The Hall–Kier alpha value is -0.900. The van der Waals surface area contributed by atoms with Gasteiger partial charge in [0.25, 0.3) is 0 Å². The molecule has 0 amide bonds. The number of aliphatic hydroxyl groups is 1. The van der Waals surface area contributed by atoms with Gasteiger partial charge in [0, 0.05) is 11.5 Å². The molecule has 0 fully saturated rings. The Balaban J connectivity index is 3.03. The van der Waals surface area contributed by atoms with E-state index in [4.69, 9.17) is 0 Å². The van der Waals surface area contributed by atoms with Crippen molar-refractivity contribution in [1.29, 1.82) is 0 Å². The fourth-order valence-electron chi connectivity index (χ4n) is 2.00. The van der Waals surface area contributed by atoms with Gasteiger partial charge in [-0.1, -0.05) is 44.2 Å². The fraction of sp³-hybridized carbons (Fsp3) is 0.571. The van der Waals surface area contributed by atoms with Crippen molar-refractivity contribution in [3.8, 4) is 0 Å². The van der Waals surface area contributed by atoms with Crippen LogP contribution in [0.25, 0.3) is 0 Å². The van der Waals surface area contributed by atoms with Crippen molar-refractivity contribution in [2.75, 3.05) is 6.61 Å². The van der Waals surface area contributed by atoms with Crippen molar-refractivity contribution in [3.05, 3.63) is 41.1 Å². The molecule has 0 heterocycles. The molecule has 2 unspecified atom stereocenters. The van der Waals surface area contributed by atoms with Gasteiger partial charge in [-0.15, -0.1) is 0 Å². The van der Waals surface area contributed by atoms with E-state index in [2.05, 4.69) is 0 Å². The molecule has 2 atom stereocenters. The van der Waals surface area contributed by atoms with Crippen LogP contribution in [-0.2, 0) is 0 Å². The van der Waals surface area contributed by atoms with Crippen LogP contribution >= 0.6 is 0 Å². The van der Waals surface area contributed by atoms with Gasteiger partial charge in [0.05, 0.1) is 6.61 Å². The number of quaternary nitrogens is 1. The van der Waals surface area contributed by atoms with Crippen LogP contribution < -0.4 is 5.06 Å². The topological polar surface area (TPSA) is 47.7 Å². The normalized spacial score (nSPS) is 15.9. The maximum Gasteiger partial charge on any atom is 0.116 e. The van der Waals surface area contributed by atoms with Crippen LogP contribution in [-0.4, -0.2) is 17.3 Å². The SMILES string of the molecule is CC(C)C(c1ccccc1)[NH+]([O-])C(C)(C)CO. The largest absolute Gasteiger partial charge is 0.633 e. The number of benzene rings is 1. The first-order chi connectivity index (χ1) is 7.90. The summed E-state index contributed by atoms with van der Waals surface area (Å²) in [4.78, 5) is 0. The third-order valence-corrected chi connectivity index (χ3v) is 3.17. The van der Waals surface area contributed by atoms with Gasteiger partial charge in [0.1, 0.15) is 11.6 Å². The van der Waals surface area contributed by atoms with E-state index in [0.29, 0.717) is 0 Å². The average Bonchev–Trinajstić information content (AvgIpc) is 2.30. The Labute approximate surface area is 104 Å². The van der Waals surface area contributed by atoms with E-state index in [9.17, 15) is 10.3 Å². The molecule has 0 aromatic heterocycles. The second kappa shape index (κ2) is 5.63. The number of nitrogens with one attached hydrogen (secondary N) is 1. The van der Waals surface area contributed by atoms with Crippen LogP contribution in [0.3, 0.4) is 0 Å². The first-order valence-electron chi connectivity index (χ1n) is 6.10. The van der Waals surface area contributed by atoms with Gasteiger partial charge >= 0.3 is 0 Å². The molecule has 0 spiro atoms. The fourth-order valence-corrected chi connectivity index (χ4v) is 2.00. The molecule has 1 aromatic rings. The van der Waals surface area contributed by atoms with Crippen molar-refractivity contribution >= 4 is 0 Å². The zero-order chi connectivity index (χ0) is 13.1. The standard InChI is InChI=1S/C14H23NO2/c1-11(2)13(12-8-6-5-7-9-12)15(17)14(3,4)10-16/h5-9,11,13,15-16H,10H2,1-4H3. The van der Waals surface area contributed by atoms with Crippen LogP contribution in [0.1, 0.15) is 39.3 Å². The van der Waals surface area contributed by atoms with Crippen molar-refractivity contribution < 1.29 is 10.2 Å². The van der Waals surface area contributed by atoms with E-state index >= 15 is 0 Å². The summed E-state index contributed by atoms with van der Waals surface area (Å²) in [6, 6.07) is 9.67. The molecule has 3 heteroatoms. The van der Waals surface area contributed by atoms with E-state index < -0.39 is 5.54 Å². The summed E-state index contributed by atoms with van der Waals surface area (Å²) in [5.41, 5.74) is 0.360. The number of aliphatic hydroxyl groups excluding tert-OH is 1. The Kier molecular flexibility index (Phi) is 4.69. The molecular weight excluding hydrogens is 214 g/mol. The second-order valence-corrected chi connectivity index (χ2v) is 5.54. The summed E-state index contributed by atoms with van der Waals surface area (Å²) >= 11 is 0. The van der Waals surface area contributed by atoms with Crippen LogP contribution in [0.5, 0.6) is 0 Å². The first-order valence-corrected chi connectivity index (χ1v) is 6.10. The Morgan fingerprint density at radius 1 is 1.24 bits per heavy atom. The lowest BCUT2D eigenvalue weighted by Gasteiger charge is -2.44. The molecule has 0 saturated carbocycles. The van der Waals surface area contributed by atoms with Gasteiger partial charge in [0.15, 0.2) is 0 Å². The monoisotopic (exact) mass is 237 g/mol. The number of rotatable bonds is 5. The minimum atomic E-state index is -0.676. The highest BCUT2D eigenvalue weighted by Gasteiger charge is 2.33. The van der Waals surface area contributed by atoms with Crippen molar-refractivity contribution in [2.45, 2.75) is 39.3 Å². The smallest absolute Gasteiger partial charge is 0.116 e. The van der Waals surface area contributed by atoms with Crippen molar-refractivity contribution in [1.82, 2.24) is 0 Å². The van der Waals surface area contributed by atoms with Gasteiger partial charge in [0.2, 0.25) is 0 Å². The summed E-state index contributed by atoms with van der Waals surface area (Å²) in [5, 5.41) is 21.9. The second-order valence-electron chi connectivity index (χ2n) is 5.54. The van der Waals surface area contributed by atoms with Gasteiger partial charge in [-0.25, -0.2) is 0 Å². The van der Waals surface area contributed by atoms with Crippen LogP contribution in [0.2, 0.25) is 0 Å². The Morgan fingerprint density at radius 2 is 1.76 bits per heavy atom. The average molecular weight is 237 g/mol. The lowest BCUT2D eigenvalue weighted by molar-refractivity contribution is -0.936. The molecule has 0 radical (unpaired) electrons. The molecule has 2 N–H and O–H groups in total. The third-order valence-electron chi connectivity index (χ3n) is 3.17. The summed E-state index contributed by atoms with van der Waals surface area (Å²) < 4.78 is 0. The number of hydrogen-bond acceptors (Lipinski definition) is 2. The predicted molar refractivity (Wildman–Crippen MR) is 69.5 cm³/mol. The number of hydrogen-bond donors (Lipinski definition) is 2. The zero-order valence-corrected chi connectivity index (χ0v) is 11.1. The summed E-state index contributed by atoms with van der Waals surface area (Å²) in [7, 11) is 0. The van der Waals surface area contributed by atoms with Crippen LogP contribution in [0.15, 0.2) is 30.3 Å². The first kappa shape index (κ1) is 14.2. The lowest BCUT2D eigenvalue weighted by atomic mass is 9.92. The molecule has 0 bridgehead atoms. The molecule has 96 valence electrons.